The van der Waals surface area contributed by atoms with E-state index >= 15 is 0 Å². The van der Waals surface area contributed by atoms with Crippen LogP contribution >= 0.6 is 0 Å². The van der Waals surface area contributed by atoms with Crippen LogP contribution in [0.5, 0.6) is 5.75 Å². The molecule has 2 aromatic carbocycles. The molecule has 0 saturated heterocycles. The Balaban J connectivity index is 1.79. The van der Waals surface area contributed by atoms with Gasteiger partial charge in [-0.2, -0.15) is 0 Å². The molecule has 7 heteroatoms. The number of pyridine rings is 1. The van der Waals surface area contributed by atoms with E-state index in [0.717, 1.165) is 11.1 Å². The van der Waals surface area contributed by atoms with E-state index in [-0.39, 0.29) is 5.75 Å². The minimum absolute atomic E-state index is 0.0467. The molecule has 3 rings (SSSR count). The molecule has 0 fully saturated rings. The molecule has 3 aromatic rings. The van der Waals surface area contributed by atoms with E-state index in [0.29, 0.717) is 11.4 Å². The maximum Gasteiger partial charge on any atom is 0.406 e. The van der Waals surface area contributed by atoms with Crippen molar-refractivity contribution in [2.45, 2.75) is 20.0 Å². The number of nitrogens with one attached hydrogen (secondary N) is 1. The highest BCUT2D eigenvalue weighted by molar-refractivity contribution is 5.98. The van der Waals surface area contributed by atoms with E-state index in [1.807, 2.05) is 48.5 Å². The van der Waals surface area contributed by atoms with E-state index in [4.69, 9.17) is 4.74 Å². The number of para-hydroxylation sites is 1. The van der Waals surface area contributed by atoms with Gasteiger partial charge >= 0.3 is 5.82 Å². The van der Waals surface area contributed by atoms with Crippen LogP contribution in [0, 0.1) is 17.0 Å². The second-order valence-electron chi connectivity index (χ2n) is 6.19. The molecule has 0 radical (unpaired) electrons. The first-order valence-electron chi connectivity index (χ1n) is 8.69. The van der Waals surface area contributed by atoms with Gasteiger partial charge in [0.25, 0.3) is 5.91 Å². The third kappa shape index (κ3) is 4.32. The Morgan fingerprint density at radius 3 is 2.46 bits per heavy atom. The molecule has 7 nitrogen and oxygen atoms in total. The number of benzene rings is 2. The van der Waals surface area contributed by atoms with Crippen molar-refractivity contribution in [1.29, 1.82) is 0 Å². The summed E-state index contributed by atoms with van der Waals surface area (Å²) in [5, 5.41) is 14.0. The van der Waals surface area contributed by atoms with Crippen molar-refractivity contribution in [3.05, 3.63) is 82.5 Å². The summed E-state index contributed by atoms with van der Waals surface area (Å²) in [7, 11) is 0. The topological polar surface area (TPSA) is 94.4 Å². The summed E-state index contributed by atoms with van der Waals surface area (Å²) in [6, 6.07) is 20.1. The molecule has 0 bridgehead atoms. The lowest BCUT2D eigenvalue weighted by Gasteiger charge is -2.16. The van der Waals surface area contributed by atoms with Crippen molar-refractivity contribution in [2.24, 2.45) is 0 Å². The van der Waals surface area contributed by atoms with Crippen molar-refractivity contribution in [3.63, 3.8) is 0 Å². The van der Waals surface area contributed by atoms with Gasteiger partial charge in [-0.25, -0.2) is 0 Å². The number of carbonyl (C=O) groups is 1. The van der Waals surface area contributed by atoms with Crippen molar-refractivity contribution >= 4 is 17.4 Å². The third-order valence-electron chi connectivity index (χ3n) is 4.09. The van der Waals surface area contributed by atoms with Crippen LogP contribution in [0.25, 0.3) is 11.1 Å². The normalized spacial score (nSPS) is 11.5. The monoisotopic (exact) mass is 377 g/mol. The number of nitro groups is 1. The molecule has 0 aliphatic rings. The molecule has 1 heterocycles. The van der Waals surface area contributed by atoms with Crippen molar-refractivity contribution in [1.82, 2.24) is 4.98 Å². The highest BCUT2D eigenvalue weighted by Crippen LogP contribution is 2.29. The van der Waals surface area contributed by atoms with Gasteiger partial charge < -0.3 is 20.2 Å². The average molecular weight is 377 g/mol. The van der Waals surface area contributed by atoms with Gasteiger partial charge in [0.1, 0.15) is 5.69 Å². The van der Waals surface area contributed by atoms with Gasteiger partial charge in [-0.05, 0) is 40.6 Å². The summed E-state index contributed by atoms with van der Waals surface area (Å²) in [5.41, 5.74) is 2.95. The maximum atomic E-state index is 12.6. The predicted molar refractivity (Wildman–Crippen MR) is 106 cm³/mol. The van der Waals surface area contributed by atoms with Gasteiger partial charge in [0, 0.05) is 18.2 Å². The van der Waals surface area contributed by atoms with Crippen LogP contribution in [-0.4, -0.2) is 21.9 Å². The Hall–Kier alpha value is -3.74. The lowest BCUT2D eigenvalue weighted by Crippen LogP contribution is -2.30. The predicted octanol–water partition coefficient (Wildman–Crippen LogP) is 4.37. The number of nitrogens with zero attached hydrogens (tertiary/aromatic N) is 2. The molecular weight excluding hydrogens is 358 g/mol. The van der Waals surface area contributed by atoms with Gasteiger partial charge in [0.2, 0.25) is 5.75 Å². The van der Waals surface area contributed by atoms with Gasteiger partial charge in [-0.15, -0.1) is 0 Å². The fourth-order valence-electron chi connectivity index (χ4n) is 2.69. The number of aryl methyl sites for hydroxylation is 1. The van der Waals surface area contributed by atoms with Crippen LogP contribution in [0.4, 0.5) is 11.5 Å². The van der Waals surface area contributed by atoms with E-state index in [9.17, 15) is 14.9 Å². The fourth-order valence-corrected chi connectivity index (χ4v) is 2.69. The second kappa shape index (κ2) is 8.30. The summed E-state index contributed by atoms with van der Waals surface area (Å²) >= 11 is 0. The molecule has 1 atom stereocenters. The number of hydrogen-bond donors (Lipinski definition) is 1. The minimum atomic E-state index is -0.952. The first kappa shape index (κ1) is 19.0. The van der Waals surface area contributed by atoms with Gasteiger partial charge in [0.15, 0.2) is 6.10 Å². The Morgan fingerprint density at radius 1 is 1.07 bits per heavy atom. The van der Waals surface area contributed by atoms with E-state index in [2.05, 4.69) is 10.3 Å². The zero-order valence-corrected chi connectivity index (χ0v) is 15.5. The Morgan fingerprint density at radius 2 is 1.75 bits per heavy atom. The zero-order valence-electron chi connectivity index (χ0n) is 15.5. The van der Waals surface area contributed by atoms with Crippen LogP contribution in [-0.2, 0) is 4.79 Å². The first-order valence-corrected chi connectivity index (χ1v) is 8.69. The summed E-state index contributed by atoms with van der Waals surface area (Å²) < 4.78 is 5.53. The van der Waals surface area contributed by atoms with Crippen LogP contribution in [0.2, 0.25) is 0 Å². The summed E-state index contributed by atoms with van der Waals surface area (Å²) in [6.45, 7) is 3.18. The van der Waals surface area contributed by atoms with Crippen molar-refractivity contribution in [3.8, 4) is 16.9 Å². The van der Waals surface area contributed by atoms with Crippen molar-refractivity contribution < 1.29 is 14.5 Å². The van der Waals surface area contributed by atoms with E-state index < -0.39 is 22.8 Å². The zero-order chi connectivity index (χ0) is 20.1. The number of ether oxygens (including phenoxy) is 1. The van der Waals surface area contributed by atoms with Gasteiger partial charge in [-0.1, -0.05) is 48.5 Å². The Bertz CT molecular complexity index is 1010. The number of anilines is 1. The third-order valence-corrected chi connectivity index (χ3v) is 4.09. The molecule has 0 aliphatic heterocycles. The Labute approximate surface area is 162 Å². The van der Waals surface area contributed by atoms with Crippen LogP contribution in [0.15, 0.2) is 66.7 Å². The quantitative estimate of drug-likeness (QED) is 0.508. The molecule has 1 aromatic heterocycles. The molecule has 142 valence electrons. The highest BCUT2D eigenvalue weighted by atomic mass is 16.6. The fraction of sp³-hybridized carbons (Fsp3) is 0.143. The highest BCUT2D eigenvalue weighted by Gasteiger charge is 2.23. The average Bonchev–Trinajstić information content (AvgIpc) is 2.70. The number of aromatic nitrogens is 1. The number of rotatable bonds is 6. The van der Waals surface area contributed by atoms with E-state index in [1.54, 1.807) is 19.1 Å². The summed E-state index contributed by atoms with van der Waals surface area (Å²) in [6.07, 6.45) is -0.952. The number of hydrogen-bond acceptors (Lipinski definition) is 5. The first-order chi connectivity index (χ1) is 13.5. The van der Waals surface area contributed by atoms with Crippen LogP contribution in [0.1, 0.15) is 12.6 Å². The second-order valence-corrected chi connectivity index (χ2v) is 6.19. The molecule has 1 N–H and O–H groups in total. The van der Waals surface area contributed by atoms with E-state index in [1.165, 1.54) is 13.0 Å². The van der Waals surface area contributed by atoms with Gasteiger partial charge in [-0.3, -0.25) is 4.79 Å². The largest absolute Gasteiger partial charge is 0.473 e. The molecule has 0 spiro atoms. The molecule has 28 heavy (non-hydrogen) atoms. The Kier molecular flexibility index (Phi) is 5.64. The summed E-state index contributed by atoms with van der Waals surface area (Å²) in [5.74, 6) is -0.878. The standard InChI is InChI=1S/C21H19N3O4/c1-14-12-13-19(20(22-14)24(26)27)28-15(2)21(25)23-18-11-7-6-10-17(18)16-8-4-3-5-9-16/h3-13,15H,1-2H3,(H,23,25)/t15-/m0/s1. The van der Waals surface area contributed by atoms with Crippen LogP contribution in [0.3, 0.4) is 0 Å². The molecule has 0 saturated carbocycles. The maximum absolute atomic E-state index is 12.6. The lowest BCUT2D eigenvalue weighted by atomic mass is 10.0. The molecular formula is C21H19N3O4. The number of carbonyl (C=O) groups excluding carboxylic acids is 1. The molecule has 0 unspecified atom stereocenters. The van der Waals surface area contributed by atoms with Gasteiger partial charge in [0.05, 0.1) is 0 Å². The minimum Gasteiger partial charge on any atom is -0.473 e. The molecule has 1 amide bonds. The van der Waals surface area contributed by atoms with Crippen LogP contribution < -0.4 is 10.1 Å². The smallest absolute Gasteiger partial charge is 0.406 e. The SMILES string of the molecule is Cc1ccc(O[C@@H](C)C(=O)Nc2ccccc2-c2ccccc2)c([N+](=O)[O-])n1. The summed E-state index contributed by atoms with van der Waals surface area (Å²) in [4.78, 5) is 27.0. The molecule has 0 aliphatic carbocycles. The van der Waals surface area contributed by atoms with Crippen molar-refractivity contribution in [2.75, 3.05) is 5.32 Å². The number of amides is 1. The lowest BCUT2D eigenvalue weighted by molar-refractivity contribution is -0.390.